The van der Waals surface area contributed by atoms with Gasteiger partial charge in [0, 0.05) is 11.2 Å². The molecule has 0 aliphatic carbocycles. The van der Waals surface area contributed by atoms with Gasteiger partial charge in [-0.2, -0.15) is 4.40 Å². The highest BCUT2D eigenvalue weighted by molar-refractivity contribution is 7.85. The van der Waals surface area contributed by atoms with Crippen LogP contribution in [0.25, 0.3) is 0 Å². The molecule has 1 rings (SSSR count). The van der Waals surface area contributed by atoms with Crippen LogP contribution in [-0.4, -0.2) is 15.2 Å². The summed E-state index contributed by atoms with van der Waals surface area (Å²) in [5.41, 5.74) is 2.95. The molecule has 0 radical (unpaired) electrons. The van der Waals surface area contributed by atoms with E-state index in [2.05, 4.69) is 4.40 Å². The number of rotatable bonds is 2. The predicted octanol–water partition coefficient (Wildman–Crippen LogP) is 3.84. The second-order valence-electron chi connectivity index (χ2n) is 5.06. The highest BCUT2D eigenvalue weighted by Gasteiger charge is 2.18. The maximum Gasteiger partial charge on any atom is 0.144 e. The Balaban J connectivity index is 2.97. The van der Waals surface area contributed by atoms with E-state index in [4.69, 9.17) is 11.6 Å². The first kappa shape index (κ1) is 14.4. The molecule has 1 unspecified atom stereocenters. The molecule has 1 atom stereocenters. The molecule has 0 fully saturated rings. The molecule has 17 heavy (non-hydrogen) atoms. The third-order valence-corrected chi connectivity index (χ3v) is 4.22. The van der Waals surface area contributed by atoms with Gasteiger partial charge in [-0.05, 0) is 63.4 Å². The van der Waals surface area contributed by atoms with Crippen LogP contribution in [0.1, 0.15) is 37.5 Å². The molecule has 0 N–H and O–H groups in total. The average Bonchev–Trinajstić information content (AvgIpc) is 2.20. The van der Waals surface area contributed by atoms with Crippen molar-refractivity contribution in [3.63, 3.8) is 0 Å². The molecule has 0 heterocycles. The van der Waals surface area contributed by atoms with Crippen molar-refractivity contribution in [2.75, 3.05) is 0 Å². The summed E-state index contributed by atoms with van der Waals surface area (Å²) >= 11 is 6.08. The van der Waals surface area contributed by atoms with E-state index < -0.39 is 11.0 Å². The largest absolute Gasteiger partial charge is 0.234 e. The normalized spacial score (nSPS) is 14.2. The smallest absolute Gasteiger partial charge is 0.144 e. The first-order valence-electron chi connectivity index (χ1n) is 5.44. The van der Waals surface area contributed by atoms with Crippen LogP contribution >= 0.6 is 11.6 Å². The monoisotopic (exact) mass is 271 g/mol. The Labute approximate surface area is 111 Å². The quantitative estimate of drug-likeness (QED) is 0.752. The lowest BCUT2D eigenvalue weighted by Crippen LogP contribution is -2.19. The summed E-state index contributed by atoms with van der Waals surface area (Å²) in [4.78, 5) is 0. The second-order valence-corrected chi connectivity index (χ2v) is 7.38. The van der Waals surface area contributed by atoms with Gasteiger partial charge < -0.3 is 0 Å². The van der Waals surface area contributed by atoms with E-state index in [9.17, 15) is 4.21 Å². The Kier molecular flexibility index (Phi) is 4.50. The lowest BCUT2D eigenvalue weighted by Gasteiger charge is -2.12. The van der Waals surface area contributed by atoms with E-state index in [-0.39, 0.29) is 4.75 Å². The number of hydrogen-bond acceptors (Lipinski definition) is 1. The van der Waals surface area contributed by atoms with Crippen LogP contribution in [0.5, 0.6) is 0 Å². The molecule has 2 nitrogen and oxygen atoms in total. The van der Waals surface area contributed by atoms with E-state index in [1.54, 1.807) is 6.21 Å². The minimum absolute atomic E-state index is 0.326. The second kappa shape index (κ2) is 5.32. The molecule has 0 aromatic heterocycles. The van der Waals surface area contributed by atoms with Crippen LogP contribution in [-0.2, 0) is 11.0 Å². The van der Waals surface area contributed by atoms with Gasteiger partial charge in [0.25, 0.3) is 0 Å². The first-order chi connectivity index (χ1) is 7.71. The molecule has 0 aliphatic rings. The zero-order valence-corrected chi connectivity index (χ0v) is 12.4. The Morgan fingerprint density at radius 3 is 2.12 bits per heavy atom. The molecule has 94 valence electrons. The first-order valence-corrected chi connectivity index (χ1v) is 6.93. The number of hydrogen-bond donors (Lipinski definition) is 0. The van der Waals surface area contributed by atoms with Gasteiger partial charge >= 0.3 is 0 Å². The fourth-order valence-corrected chi connectivity index (χ4v) is 1.96. The van der Waals surface area contributed by atoms with Crippen molar-refractivity contribution >= 4 is 28.8 Å². The van der Waals surface area contributed by atoms with Crippen LogP contribution in [0.4, 0.5) is 0 Å². The summed E-state index contributed by atoms with van der Waals surface area (Å²) in [6.07, 6.45) is 1.65. The van der Waals surface area contributed by atoms with Crippen molar-refractivity contribution in [1.29, 1.82) is 0 Å². The Morgan fingerprint density at radius 2 is 1.71 bits per heavy atom. The van der Waals surface area contributed by atoms with Crippen LogP contribution in [0.15, 0.2) is 16.5 Å². The lowest BCUT2D eigenvalue weighted by molar-refractivity contribution is 0.651. The van der Waals surface area contributed by atoms with Gasteiger partial charge in [-0.1, -0.05) is 11.6 Å². The molecule has 1 aromatic rings. The summed E-state index contributed by atoms with van der Waals surface area (Å²) in [5, 5.41) is 0.777. The Hall–Kier alpha value is -0.670. The van der Waals surface area contributed by atoms with Crippen molar-refractivity contribution in [1.82, 2.24) is 0 Å². The average molecular weight is 272 g/mol. The third-order valence-electron chi connectivity index (χ3n) is 2.28. The molecule has 4 heteroatoms. The molecule has 0 saturated carbocycles. The van der Waals surface area contributed by atoms with Crippen molar-refractivity contribution in [2.24, 2.45) is 4.40 Å². The maximum absolute atomic E-state index is 11.8. The van der Waals surface area contributed by atoms with Gasteiger partial charge in [0.05, 0.1) is 4.75 Å². The zero-order chi connectivity index (χ0) is 13.2. The van der Waals surface area contributed by atoms with Gasteiger partial charge in [-0.15, -0.1) is 0 Å². The van der Waals surface area contributed by atoms with Crippen LogP contribution in [0.2, 0.25) is 5.02 Å². The van der Waals surface area contributed by atoms with E-state index in [0.29, 0.717) is 0 Å². The number of halogens is 1. The molecule has 0 aliphatic heterocycles. The maximum atomic E-state index is 11.8. The molecule has 0 amide bonds. The molecule has 0 bridgehead atoms. The standard InChI is InChI=1S/C13H18ClNOS/c1-9-6-11(7-10(2)12(9)14)8-15-17(16)13(3,4)5/h6-8H,1-5H3. The van der Waals surface area contributed by atoms with Crippen molar-refractivity contribution in [3.8, 4) is 0 Å². The summed E-state index contributed by atoms with van der Waals surface area (Å²) in [7, 11) is -1.22. The van der Waals surface area contributed by atoms with Crippen molar-refractivity contribution in [2.45, 2.75) is 39.4 Å². The minimum Gasteiger partial charge on any atom is -0.234 e. The van der Waals surface area contributed by atoms with Crippen molar-refractivity contribution in [3.05, 3.63) is 33.8 Å². The third kappa shape index (κ3) is 3.93. The van der Waals surface area contributed by atoms with E-state index in [1.807, 2.05) is 46.8 Å². The topological polar surface area (TPSA) is 29.4 Å². The van der Waals surface area contributed by atoms with Crippen molar-refractivity contribution < 1.29 is 4.21 Å². The van der Waals surface area contributed by atoms with E-state index in [1.165, 1.54) is 0 Å². The van der Waals surface area contributed by atoms with Gasteiger partial charge in [0.15, 0.2) is 0 Å². The van der Waals surface area contributed by atoms with E-state index >= 15 is 0 Å². The highest BCUT2D eigenvalue weighted by atomic mass is 35.5. The van der Waals surface area contributed by atoms with Gasteiger partial charge in [0.2, 0.25) is 0 Å². The van der Waals surface area contributed by atoms with Crippen LogP contribution < -0.4 is 0 Å². The Morgan fingerprint density at radius 1 is 1.24 bits per heavy atom. The number of aryl methyl sites for hydroxylation is 2. The fourth-order valence-electron chi connectivity index (χ4n) is 1.32. The molecular weight excluding hydrogens is 254 g/mol. The SMILES string of the molecule is Cc1cc(C=NS(=O)C(C)(C)C)cc(C)c1Cl. The molecular formula is C13H18ClNOS. The predicted molar refractivity (Wildman–Crippen MR) is 76.4 cm³/mol. The van der Waals surface area contributed by atoms with Gasteiger partial charge in [0.1, 0.15) is 11.0 Å². The fraction of sp³-hybridized carbons (Fsp3) is 0.462. The van der Waals surface area contributed by atoms with Gasteiger partial charge in [-0.25, -0.2) is 4.21 Å². The van der Waals surface area contributed by atoms with Crippen LogP contribution in [0.3, 0.4) is 0 Å². The summed E-state index contributed by atoms with van der Waals surface area (Å²) in [5.74, 6) is 0. The molecule has 0 spiro atoms. The summed E-state index contributed by atoms with van der Waals surface area (Å²) in [6, 6.07) is 3.89. The zero-order valence-electron chi connectivity index (χ0n) is 10.9. The Bertz CT molecular complexity index is 452. The lowest BCUT2D eigenvalue weighted by atomic mass is 10.1. The molecule has 1 aromatic carbocycles. The van der Waals surface area contributed by atoms with Crippen LogP contribution in [0, 0.1) is 13.8 Å². The summed E-state index contributed by atoms with van der Waals surface area (Å²) in [6.45, 7) is 9.61. The molecule has 0 saturated heterocycles. The number of benzene rings is 1. The van der Waals surface area contributed by atoms with Gasteiger partial charge in [-0.3, -0.25) is 0 Å². The minimum atomic E-state index is -1.22. The number of nitrogens with zero attached hydrogens (tertiary/aromatic N) is 1. The summed E-state index contributed by atoms with van der Waals surface area (Å²) < 4.78 is 15.5. The highest BCUT2D eigenvalue weighted by Crippen LogP contribution is 2.21. The van der Waals surface area contributed by atoms with E-state index in [0.717, 1.165) is 21.7 Å².